The maximum atomic E-state index is 5.73. The number of terminal acetylenes is 1. The zero-order valence-corrected chi connectivity index (χ0v) is 24.9. The number of nitrogens with zero attached hydrogens (tertiary/aromatic N) is 1. The van der Waals surface area contributed by atoms with Crippen molar-refractivity contribution >= 4 is 28.5 Å². The summed E-state index contributed by atoms with van der Waals surface area (Å²) in [5.41, 5.74) is 12.9. The molecule has 2 bridgehead atoms. The first-order chi connectivity index (χ1) is 21.2. The number of hydrogen-bond acceptors (Lipinski definition) is 1. The van der Waals surface area contributed by atoms with E-state index in [9.17, 15) is 0 Å². The summed E-state index contributed by atoms with van der Waals surface area (Å²) in [4.78, 5) is 2.68. The van der Waals surface area contributed by atoms with Gasteiger partial charge in [0.2, 0.25) is 0 Å². The molecule has 0 N–H and O–H groups in total. The molecule has 1 heteroatoms. The quantitative estimate of drug-likeness (QED) is 0.222. The second-order valence-electron chi connectivity index (χ2n) is 12.0. The van der Waals surface area contributed by atoms with E-state index < -0.39 is 0 Å². The largest absolute Gasteiger partial charge is 0.298 e. The van der Waals surface area contributed by atoms with E-state index in [0.717, 1.165) is 37.2 Å². The van der Waals surface area contributed by atoms with Crippen molar-refractivity contribution in [3.05, 3.63) is 148 Å². The third-order valence-electron chi connectivity index (χ3n) is 9.26. The molecule has 1 fully saturated rings. The van der Waals surface area contributed by atoms with Crippen molar-refractivity contribution < 1.29 is 0 Å². The highest BCUT2D eigenvalue weighted by atomic mass is 15.1. The number of likely N-dealkylation sites (tertiary alicyclic amines) is 1. The van der Waals surface area contributed by atoms with Crippen LogP contribution in [0, 0.1) is 12.3 Å². The van der Waals surface area contributed by atoms with Crippen LogP contribution in [0.15, 0.2) is 120 Å². The SMILES string of the molecule is C#Cc1ccc(-c2ccc3cc(C4CCCN(CC5=Cc6ccccc6C6=CC=CC=C5C6)C4)ccc3c2)cc1/C=C\C. The molecule has 4 aromatic rings. The Morgan fingerprint density at radius 3 is 2.56 bits per heavy atom. The van der Waals surface area contributed by atoms with Gasteiger partial charge < -0.3 is 0 Å². The molecule has 0 aromatic heterocycles. The van der Waals surface area contributed by atoms with Gasteiger partial charge in [0, 0.05) is 18.7 Å². The fourth-order valence-corrected chi connectivity index (χ4v) is 7.02. The topological polar surface area (TPSA) is 3.24 Å². The van der Waals surface area contributed by atoms with Gasteiger partial charge in [0.25, 0.3) is 0 Å². The van der Waals surface area contributed by atoms with Crippen molar-refractivity contribution in [2.24, 2.45) is 0 Å². The highest BCUT2D eigenvalue weighted by Gasteiger charge is 2.25. The number of piperidine rings is 1. The molecule has 0 spiro atoms. The molecule has 0 saturated carbocycles. The molecule has 0 radical (unpaired) electrons. The van der Waals surface area contributed by atoms with Gasteiger partial charge in [-0.25, -0.2) is 0 Å². The zero-order valence-electron chi connectivity index (χ0n) is 24.9. The smallest absolute Gasteiger partial charge is 0.0315 e. The number of rotatable bonds is 5. The Balaban J connectivity index is 1.12. The molecule has 1 heterocycles. The van der Waals surface area contributed by atoms with Crippen LogP contribution in [0.2, 0.25) is 0 Å². The third-order valence-corrected chi connectivity index (χ3v) is 9.26. The van der Waals surface area contributed by atoms with E-state index in [1.54, 1.807) is 0 Å². The van der Waals surface area contributed by atoms with Gasteiger partial charge in [0.05, 0.1) is 0 Å². The number of benzene rings is 4. The van der Waals surface area contributed by atoms with Gasteiger partial charge in [-0.05, 0) is 124 Å². The summed E-state index contributed by atoms with van der Waals surface area (Å²) in [6, 6.07) is 29.2. The Bertz CT molecular complexity index is 1900. The Morgan fingerprint density at radius 2 is 1.67 bits per heavy atom. The first-order valence-electron chi connectivity index (χ1n) is 15.5. The molecule has 1 saturated heterocycles. The van der Waals surface area contributed by atoms with Crippen LogP contribution in [0.3, 0.4) is 0 Å². The van der Waals surface area contributed by atoms with Crippen molar-refractivity contribution in [2.75, 3.05) is 19.6 Å². The second-order valence-corrected chi connectivity index (χ2v) is 12.0. The molecule has 1 aliphatic heterocycles. The van der Waals surface area contributed by atoms with Crippen LogP contribution in [0.4, 0.5) is 0 Å². The Kier molecular flexibility index (Phi) is 7.55. The number of fused-ring (bicyclic) bond motifs is 5. The Labute approximate surface area is 256 Å². The maximum absolute atomic E-state index is 5.73. The first kappa shape index (κ1) is 27.2. The van der Waals surface area contributed by atoms with Crippen molar-refractivity contribution in [2.45, 2.75) is 32.1 Å². The second kappa shape index (κ2) is 11.9. The molecular weight excluding hydrogens is 518 g/mol. The molecule has 2 aliphatic carbocycles. The lowest BCUT2D eigenvalue weighted by Gasteiger charge is -2.34. The van der Waals surface area contributed by atoms with Crippen LogP contribution in [0.25, 0.3) is 39.6 Å². The average molecular weight is 556 g/mol. The molecule has 210 valence electrons. The lowest BCUT2D eigenvalue weighted by atomic mass is 9.88. The van der Waals surface area contributed by atoms with Crippen molar-refractivity contribution in [1.29, 1.82) is 0 Å². The molecule has 7 rings (SSSR count). The lowest BCUT2D eigenvalue weighted by Crippen LogP contribution is -2.36. The van der Waals surface area contributed by atoms with E-state index in [-0.39, 0.29) is 0 Å². The third kappa shape index (κ3) is 5.60. The van der Waals surface area contributed by atoms with Gasteiger partial charge in [-0.1, -0.05) is 103 Å². The summed E-state index contributed by atoms with van der Waals surface area (Å²) < 4.78 is 0. The predicted octanol–water partition coefficient (Wildman–Crippen LogP) is 10.1. The van der Waals surface area contributed by atoms with E-state index in [4.69, 9.17) is 6.42 Å². The normalized spacial score (nSPS) is 18.3. The molecule has 1 atom stereocenters. The standard InChI is InChI=1S/C42H37N/c1-3-10-31-23-33(17-16-30(31)4-2)34-18-19-36-25-37(21-20-35(36)24-34)40-14-9-22-43(28-40)29-41-27-39-13-7-8-15-42(39)38-12-6-5-11-32(41)26-38/h2-3,5-8,10-13,15-21,23-25,27,40H,9,14,22,26,28-29H2,1H3/b10-3-. The van der Waals surface area contributed by atoms with E-state index in [2.05, 4.69) is 126 Å². The minimum atomic E-state index is 0.551. The molecular formula is C42H37N. The summed E-state index contributed by atoms with van der Waals surface area (Å²) in [7, 11) is 0. The summed E-state index contributed by atoms with van der Waals surface area (Å²) in [6.45, 7) is 5.29. The van der Waals surface area contributed by atoms with Crippen LogP contribution in [0.5, 0.6) is 0 Å². The lowest BCUT2D eigenvalue weighted by molar-refractivity contribution is 0.225. The van der Waals surface area contributed by atoms with Crippen LogP contribution in [-0.4, -0.2) is 24.5 Å². The first-order valence-corrected chi connectivity index (χ1v) is 15.5. The van der Waals surface area contributed by atoms with Crippen molar-refractivity contribution in [1.82, 2.24) is 4.90 Å². The van der Waals surface area contributed by atoms with E-state index >= 15 is 0 Å². The minimum absolute atomic E-state index is 0.551. The average Bonchev–Trinajstić information content (AvgIpc) is 3.38. The summed E-state index contributed by atoms with van der Waals surface area (Å²) in [6.07, 6.45) is 24.8. The summed E-state index contributed by atoms with van der Waals surface area (Å²) in [5, 5.41) is 2.59. The monoisotopic (exact) mass is 555 g/mol. The van der Waals surface area contributed by atoms with Gasteiger partial charge in [-0.3, -0.25) is 4.90 Å². The van der Waals surface area contributed by atoms with Crippen LogP contribution < -0.4 is 0 Å². The van der Waals surface area contributed by atoms with Crippen LogP contribution >= 0.6 is 0 Å². The molecule has 0 amide bonds. The molecule has 43 heavy (non-hydrogen) atoms. The highest BCUT2D eigenvalue weighted by molar-refractivity contribution is 5.88. The molecule has 3 aliphatic rings. The van der Waals surface area contributed by atoms with Gasteiger partial charge in [0.1, 0.15) is 0 Å². The Morgan fingerprint density at radius 1 is 0.884 bits per heavy atom. The van der Waals surface area contributed by atoms with Crippen molar-refractivity contribution in [3.63, 3.8) is 0 Å². The highest BCUT2D eigenvalue weighted by Crippen LogP contribution is 2.37. The summed E-state index contributed by atoms with van der Waals surface area (Å²) >= 11 is 0. The maximum Gasteiger partial charge on any atom is 0.0315 e. The fraction of sp³-hybridized carbons (Fsp3) is 0.190. The van der Waals surface area contributed by atoms with Gasteiger partial charge >= 0.3 is 0 Å². The number of allylic oxidation sites excluding steroid dienone is 6. The predicted molar refractivity (Wildman–Crippen MR) is 185 cm³/mol. The molecule has 1 nitrogen and oxygen atoms in total. The van der Waals surface area contributed by atoms with E-state index in [1.165, 1.54) is 68.2 Å². The Hall–Kier alpha value is -4.64. The van der Waals surface area contributed by atoms with Crippen LogP contribution in [0.1, 0.15) is 59.9 Å². The van der Waals surface area contributed by atoms with Crippen LogP contribution in [-0.2, 0) is 0 Å². The van der Waals surface area contributed by atoms with E-state index in [1.807, 2.05) is 13.0 Å². The molecule has 1 unspecified atom stereocenters. The van der Waals surface area contributed by atoms with Gasteiger partial charge in [0.15, 0.2) is 0 Å². The summed E-state index contributed by atoms with van der Waals surface area (Å²) in [5.74, 6) is 3.36. The fourth-order valence-electron chi connectivity index (χ4n) is 7.02. The number of hydrogen-bond donors (Lipinski definition) is 0. The van der Waals surface area contributed by atoms with Gasteiger partial charge in [-0.15, -0.1) is 6.42 Å². The van der Waals surface area contributed by atoms with Crippen molar-refractivity contribution in [3.8, 4) is 23.5 Å². The molecule has 4 aromatic carbocycles. The van der Waals surface area contributed by atoms with Gasteiger partial charge in [-0.2, -0.15) is 0 Å². The minimum Gasteiger partial charge on any atom is -0.298 e. The zero-order chi connectivity index (χ0) is 29.2. The van der Waals surface area contributed by atoms with E-state index in [0.29, 0.717) is 5.92 Å².